The van der Waals surface area contributed by atoms with Crippen LogP contribution in [0.1, 0.15) is 32.3 Å². The Bertz CT molecular complexity index is 387. The minimum Gasteiger partial charge on any atom is -0.385 e. The van der Waals surface area contributed by atoms with E-state index in [9.17, 15) is 9.50 Å². The molecule has 1 aromatic heterocycles. The largest absolute Gasteiger partial charge is 0.385 e. The van der Waals surface area contributed by atoms with Crippen molar-refractivity contribution in [3.05, 3.63) is 29.8 Å². The molecular formula is C13H19FN2O. The van der Waals surface area contributed by atoms with Gasteiger partial charge in [0.05, 0.1) is 11.8 Å². The van der Waals surface area contributed by atoms with E-state index in [1.807, 2.05) is 0 Å². The normalized spacial score (nSPS) is 20.8. The van der Waals surface area contributed by atoms with Crippen LogP contribution in [-0.4, -0.2) is 34.1 Å². The summed E-state index contributed by atoms with van der Waals surface area (Å²) in [6, 6.07) is 1.88. The summed E-state index contributed by atoms with van der Waals surface area (Å²) in [7, 11) is 0. The highest BCUT2D eigenvalue weighted by Gasteiger charge is 2.35. The summed E-state index contributed by atoms with van der Waals surface area (Å²) >= 11 is 0. The Kier molecular flexibility index (Phi) is 3.45. The minimum absolute atomic E-state index is 0.387. The van der Waals surface area contributed by atoms with Crippen molar-refractivity contribution in [2.75, 3.05) is 13.1 Å². The highest BCUT2D eigenvalue weighted by Crippen LogP contribution is 2.33. The molecule has 4 heteroatoms. The van der Waals surface area contributed by atoms with E-state index >= 15 is 0 Å². The van der Waals surface area contributed by atoms with Crippen LogP contribution in [-0.2, 0) is 5.60 Å². The number of rotatable bonds is 2. The highest BCUT2D eigenvalue weighted by atomic mass is 19.1. The molecule has 1 saturated heterocycles. The molecule has 1 fully saturated rings. The van der Waals surface area contributed by atoms with Gasteiger partial charge in [-0.05, 0) is 32.8 Å². The fourth-order valence-corrected chi connectivity index (χ4v) is 2.37. The van der Waals surface area contributed by atoms with Crippen molar-refractivity contribution in [3.63, 3.8) is 0 Å². The van der Waals surface area contributed by atoms with Gasteiger partial charge in [0.2, 0.25) is 0 Å². The van der Waals surface area contributed by atoms with Gasteiger partial charge in [0.25, 0.3) is 0 Å². The second-order valence-electron chi connectivity index (χ2n) is 5.05. The first kappa shape index (κ1) is 12.5. The SMILES string of the molecule is CC(C)N1CCC(O)(c2cncc(F)c2)CC1. The zero-order valence-electron chi connectivity index (χ0n) is 10.4. The fourth-order valence-electron chi connectivity index (χ4n) is 2.37. The van der Waals surface area contributed by atoms with Crippen molar-refractivity contribution in [3.8, 4) is 0 Å². The number of piperidine rings is 1. The number of hydrogen-bond donors (Lipinski definition) is 1. The van der Waals surface area contributed by atoms with Gasteiger partial charge in [0, 0.05) is 30.9 Å². The fraction of sp³-hybridized carbons (Fsp3) is 0.615. The van der Waals surface area contributed by atoms with Crippen molar-refractivity contribution in [2.45, 2.75) is 38.3 Å². The Labute approximate surface area is 101 Å². The van der Waals surface area contributed by atoms with Crippen LogP contribution in [0, 0.1) is 5.82 Å². The zero-order valence-corrected chi connectivity index (χ0v) is 10.4. The van der Waals surface area contributed by atoms with E-state index in [1.165, 1.54) is 6.07 Å². The van der Waals surface area contributed by atoms with Gasteiger partial charge in [0.1, 0.15) is 5.82 Å². The van der Waals surface area contributed by atoms with Gasteiger partial charge >= 0.3 is 0 Å². The van der Waals surface area contributed by atoms with Gasteiger partial charge < -0.3 is 10.0 Å². The second-order valence-corrected chi connectivity index (χ2v) is 5.05. The first-order valence-electron chi connectivity index (χ1n) is 6.09. The van der Waals surface area contributed by atoms with Gasteiger partial charge in [-0.3, -0.25) is 4.98 Å². The molecule has 0 saturated carbocycles. The zero-order chi connectivity index (χ0) is 12.5. The van der Waals surface area contributed by atoms with Crippen molar-refractivity contribution in [1.82, 2.24) is 9.88 Å². The number of hydrogen-bond acceptors (Lipinski definition) is 3. The molecule has 1 aromatic rings. The molecule has 0 atom stereocenters. The Balaban J connectivity index is 2.12. The molecule has 0 bridgehead atoms. The number of pyridine rings is 1. The van der Waals surface area contributed by atoms with E-state index in [2.05, 4.69) is 23.7 Å². The second kappa shape index (κ2) is 4.70. The topological polar surface area (TPSA) is 36.4 Å². The lowest BCUT2D eigenvalue weighted by molar-refractivity contribution is -0.0328. The average molecular weight is 238 g/mol. The van der Waals surface area contributed by atoms with Gasteiger partial charge in [-0.15, -0.1) is 0 Å². The lowest BCUT2D eigenvalue weighted by Gasteiger charge is -2.40. The third-order valence-corrected chi connectivity index (χ3v) is 3.60. The molecule has 0 aromatic carbocycles. The summed E-state index contributed by atoms with van der Waals surface area (Å²) in [5, 5.41) is 10.5. The molecule has 3 nitrogen and oxygen atoms in total. The maximum absolute atomic E-state index is 13.1. The number of likely N-dealkylation sites (tertiary alicyclic amines) is 1. The monoisotopic (exact) mass is 238 g/mol. The average Bonchev–Trinajstić information content (AvgIpc) is 2.29. The summed E-state index contributed by atoms with van der Waals surface area (Å²) in [6.45, 7) is 5.97. The first-order chi connectivity index (χ1) is 8.01. The lowest BCUT2D eigenvalue weighted by atomic mass is 9.85. The third-order valence-electron chi connectivity index (χ3n) is 3.60. The summed E-state index contributed by atoms with van der Waals surface area (Å²) < 4.78 is 13.1. The number of aliphatic hydroxyl groups is 1. The lowest BCUT2D eigenvalue weighted by Crippen LogP contribution is -2.45. The van der Waals surface area contributed by atoms with E-state index < -0.39 is 5.60 Å². The third kappa shape index (κ3) is 2.64. The number of aromatic nitrogens is 1. The maximum Gasteiger partial charge on any atom is 0.141 e. The summed E-state index contributed by atoms with van der Waals surface area (Å²) in [4.78, 5) is 6.13. The molecule has 0 unspecified atom stereocenters. The predicted molar refractivity (Wildman–Crippen MR) is 64.0 cm³/mol. The van der Waals surface area contributed by atoms with Crippen LogP contribution >= 0.6 is 0 Å². The molecule has 1 aliphatic rings. The molecule has 2 rings (SSSR count). The van der Waals surface area contributed by atoms with Crippen LogP contribution in [0.3, 0.4) is 0 Å². The van der Waals surface area contributed by atoms with Crippen molar-refractivity contribution < 1.29 is 9.50 Å². The molecule has 1 N–H and O–H groups in total. The molecule has 0 spiro atoms. The van der Waals surface area contributed by atoms with Crippen LogP contribution < -0.4 is 0 Å². The van der Waals surface area contributed by atoms with Crippen LogP contribution in [0.5, 0.6) is 0 Å². The van der Waals surface area contributed by atoms with Gasteiger partial charge in [-0.2, -0.15) is 0 Å². The number of nitrogens with zero attached hydrogens (tertiary/aromatic N) is 2. The van der Waals surface area contributed by atoms with E-state index in [0.717, 1.165) is 19.3 Å². The number of halogens is 1. The van der Waals surface area contributed by atoms with Gasteiger partial charge in [-0.25, -0.2) is 4.39 Å². The Hall–Kier alpha value is -1.00. The summed E-state index contributed by atoms with van der Waals surface area (Å²) in [5.41, 5.74) is -0.318. The Morgan fingerprint density at radius 3 is 2.53 bits per heavy atom. The molecule has 2 heterocycles. The van der Waals surface area contributed by atoms with E-state index in [1.54, 1.807) is 6.20 Å². The van der Waals surface area contributed by atoms with Crippen LogP contribution in [0.4, 0.5) is 4.39 Å². The highest BCUT2D eigenvalue weighted by molar-refractivity contribution is 5.20. The van der Waals surface area contributed by atoms with Crippen LogP contribution in [0.25, 0.3) is 0 Å². The maximum atomic E-state index is 13.1. The predicted octanol–water partition coefficient (Wildman–Crippen LogP) is 1.91. The minimum atomic E-state index is -0.916. The first-order valence-corrected chi connectivity index (χ1v) is 6.09. The van der Waals surface area contributed by atoms with Crippen LogP contribution in [0.2, 0.25) is 0 Å². The molecule has 94 valence electrons. The molecule has 17 heavy (non-hydrogen) atoms. The van der Waals surface area contributed by atoms with Gasteiger partial charge in [0.15, 0.2) is 0 Å². The summed E-state index contributed by atoms with van der Waals surface area (Å²) in [5.74, 6) is -0.387. The van der Waals surface area contributed by atoms with E-state index in [0.29, 0.717) is 24.4 Å². The van der Waals surface area contributed by atoms with E-state index in [-0.39, 0.29) is 5.82 Å². The molecule has 1 aliphatic heterocycles. The molecular weight excluding hydrogens is 219 g/mol. The molecule has 0 radical (unpaired) electrons. The summed E-state index contributed by atoms with van der Waals surface area (Å²) in [6.07, 6.45) is 4.00. The van der Waals surface area contributed by atoms with Gasteiger partial charge in [-0.1, -0.05) is 0 Å². The smallest absolute Gasteiger partial charge is 0.141 e. The quantitative estimate of drug-likeness (QED) is 0.855. The van der Waals surface area contributed by atoms with Crippen LogP contribution in [0.15, 0.2) is 18.5 Å². The molecule has 0 amide bonds. The van der Waals surface area contributed by atoms with Crippen molar-refractivity contribution in [1.29, 1.82) is 0 Å². The molecule has 0 aliphatic carbocycles. The van der Waals surface area contributed by atoms with E-state index in [4.69, 9.17) is 0 Å². The van der Waals surface area contributed by atoms with Crippen molar-refractivity contribution >= 4 is 0 Å². The standard InChI is InChI=1S/C13H19FN2O/c1-10(2)16-5-3-13(17,4-6-16)11-7-12(14)9-15-8-11/h7-10,17H,3-6H2,1-2H3. The Morgan fingerprint density at radius 1 is 1.35 bits per heavy atom. The van der Waals surface area contributed by atoms with Crippen molar-refractivity contribution in [2.24, 2.45) is 0 Å². The Morgan fingerprint density at radius 2 is 2.00 bits per heavy atom.